The van der Waals surface area contributed by atoms with Gasteiger partial charge >= 0.3 is 0 Å². The molecular formula is C11H12ClN5OS. The number of anilines is 1. The summed E-state index contributed by atoms with van der Waals surface area (Å²) in [6.07, 6.45) is 1.44. The summed E-state index contributed by atoms with van der Waals surface area (Å²) in [7, 11) is 0. The molecule has 8 heteroatoms. The molecule has 0 spiro atoms. The first-order valence-corrected chi connectivity index (χ1v) is 6.31. The van der Waals surface area contributed by atoms with Crippen molar-refractivity contribution in [3.63, 3.8) is 0 Å². The number of imidazole rings is 1. The van der Waals surface area contributed by atoms with Crippen LogP contribution < -0.4 is 11.3 Å². The third-order valence-corrected chi connectivity index (χ3v) is 3.90. The number of hydrogen-bond acceptors (Lipinski definition) is 5. The number of H-pyrrole nitrogens is 1. The Kier molecular flexibility index (Phi) is 3.59. The molecule has 19 heavy (non-hydrogen) atoms. The summed E-state index contributed by atoms with van der Waals surface area (Å²) in [5.41, 5.74) is 6.39. The average Bonchev–Trinajstić information content (AvgIpc) is 2.98. The molecule has 3 aromatic heterocycles. The topological polar surface area (TPSA) is 89.6 Å². The highest BCUT2D eigenvalue weighted by molar-refractivity contribution is 7.10. The Labute approximate surface area is 118 Å². The molecule has 0 radical (unpaired) electrons. The number of fused-ring (bicyclic) bond motifs is 1. The van der Waals surface area contributed by atoms with E-state index in [2.05, 4.69) is 15.0 Å². The van der Waals surface area contributed by atoms with E-state index in [0.29, 0.717) is 11.2 Å². The second kappa shape index (κ2) is 5.02. The van der Waals surface area contributed by atoms with Crippen molar-refractivity contribution in [2.45, 2.75) is 13.0 Å². The van der Waals surface area contributed by atoms with Gasteiger partial charge in [-0.3, -0.25) is 9.36 Å². The van der Waals surface area contributed by atoms with E-state index >= 15 is 0 Å². The summed E-state index contributed by atoms with van der Waals surface area (Å²) in [6.45, 7) is 1.92. The monoisotopic (exact) mass is 297 g/mol. The molecule has 0 aliphatic heterocycles. The van der Waals surface area contributed by atoms with Crippen LogP contribution in [0.1, 0.15) is 17.8 Å². The average molecular weight is 298 g/mol. The van der Waals surface area contributed by atoms with Crippen molar-refractivity contribution in [1.82, 2.24) is 19.5 Å². The highest BCUT2D eigenvalue weighted by Gasteiger charge is 2.17. The second-order valence-electron chi connectivity index (χ2n) is 3.94. The van der Waals surface area contributed by atoms with Crippen LogP contribution in [-0.4, -0.2) is 19.5 Å². The molecule has 0 fully saturated rings. The first-order chi connectivity index (χ1) is 8.68. The number of nitrogens with two attached hydrogens (primary N) is 1. The number of aromatic nitrogens is 4. The summed E-state index contributed by atoms with van der Waals surface area (Å²) >= 11 is 1.58. The fourth-order valence-electron chi connectivity index (χ4n) is 1.95. The Bertz CT molecular complexity index is 748. The van der Waals surface area contributed by atoms with Crippen LogP contribution in [0.25, 0.3) is 11.2 Å². The number of nitrogens with one attached hydrogen (secondary N) is 1. The van der Waals surface area contributed by atoms with E-state index in [1.54, 1.807) is 11.3 Å². The lowest BCUT2D eigenvalue weighted by atomic mass is 10.2. The minimum atomic E-state index is -0.198. The van der Waals surface area contributed by atoms with Gasteiger partial charge in [-0.1, -0.05) is 6.07 Å². The smallest absolute Gasteiger partial charge is 0.281 e. The molecule has 0 aliphatic carbocycles. The molecule has 100 valence electrons. The minimum Gasteiger partial charge on any atom is -0.369 e. The first kappa shape index (κ1) is 13.6. The second-order valence-corrected chi connectivity index (χ2v) is 4.92. The Morgan fingerprint density at radius 2 is 2.32 bits per heavy atom. The van der Waals surface area contributed by atoms with E-state index < -0.39 is 0 Å². The van der Waals surface area contributed by atoms with Crippen molar-refractivity contribution in [2.24, 2.45) is 0 Å². The number of rotatable bonds is 2. The molecule has 3 aromatic rings. The maximum Gasteiger partial charge on any atom is 0.281 e. The zero-order valence-corrected chi connectivity index (χ0v) is 11.7. The van der Waals surface area contributed by atoms with Gasteiger partial charge in [0.05, 0.1) is 12.4 Å². The fraction of sp³-hybridized carbons (Fsp3) is 0.182. The van der Waals surface area contributed by atoms with Gasteiger partial charge in [0.15, 0.2) is 11.2 Å². The number of halogens is 1. The normalized spacial score (nSPS) is 12.3. The lowest BCUT2D eigenvalue weighted by Gasteiger charge is -2.15. The van der Waals surface area contributed by atoms with Crippen LogP contribution in [-0.2, 0) is 0 Å². The molecule has 0 aromatic carbocycles. The molecule has 6 nitrogen and oxygen atoms in total. The third-order valence-electron chi connectivity index (χ3n) is 2.86. The standard InChI is InChI=1S/C11H11N5OS.ClH/c1-6(7-3-2-4-18-7)16-10(17)8-9(14-5-13-8)15-11(16)12;/h2-6H,1H3,(H2,12,15)(H,13,14);1H. The van der Waals surface area contributed by atoms with E-state index in [0.717, 1.165) is 4.88 Å². The fourth-order valence-corrected chi connectivity index (χ4v) is 2.72. The van der Waals surface area contributed by atoms with Gasteiger partial charge in [-0.15, -0.1) is 23.7 Å². The van der Waals surface area contributed by atoms with Crippen LogP contribution >= 0.6 is 23.7 Å². The molecule has 3 N–H and O–H groups in total. The van der Waals surface area contributed by atoms with Gasteiger partial charge in [-0.2, -0.15) is 4.98 Å². The summed E-state index contributed by atoms with van der Waals surface area (Å²) in [5.74, 6) is 0.181. The van der Waals surface area contributed by atoms with Crippen LogP contribution in [0.2, 0.25) is 0 Å². The van der Waals surface area contributed by atoms with E-state index in [1.165, 1.54) is 10.9 Å². The third kappa shape index (κ3) is 2.11. The van der Waals surface area contributed by atoms with Crippen LogP contribution in [0.5, 0.6) is 0 Å². The Morgan fingerprint density at radius 1 is 1.53 bits per heavy atom. The van der Waals surface area contributed by atoms with Gasteiger partial charge in [-0.05, 0) is 18.4 Å². The van der Waals surface area contributed by atoms with Crippen LogP contribution in [0.3, 0.4) is 0 Å². The highest BCUT2D eigenvalue weighted by atomic mass is 35.5. The van der Waals surface area contributed by atoms with Gasteiger partial charge in [0.25, 0.3) is 5.56 Å². The molecule has 3 heterocycles. The van der Waals surface area contributed by atoms with Crippen LogP contribution in [0.4, 0.5) is 5.95 Å². The Hall–Kier alpha value is -1.86. The van der Waals surface area contributed by atoms with Crippen LogP contribution in [0.15, 0.2) is 28.6 Å². The molecule has 0 saturated carbocycles. The van der Waals surface area contributed by atoms with Crippen molar-refractivity contribution in [1.29, 1.82) is 0 Å². The van der Waals surface area contributed by atoms with E-state index in [9.17, 15) is 4.79 Å². The molecule has 0 amide bonds. The first-order valence-electron chi connectivity index (χ1n) is 5.43. The predicted octanol–water partition coefficient (Wildman–Crippen LogP) is 1.79. The maximum absolute atomic E-state index is 12.3. The van der Waals surface area contributed by atoms with Gasteiger partial charge in [0, 0.05) is 4.88 Å². The molecule has 0 aliphatic rings. The van der Waals surface area contributed by atoms with Gasteiger partial charge in [0.1, 0.15) is 0 Å². The number of aromatic amines is 1. The molecule has 0 bridgehead atoms. The van der Waals surface area contributed by atoms with E-state index in [-0.39, 0.29) is 30.0 Å². The number of hydrogen-bond donors (Lipinski definition) is 2. The SMILES string of the molecule is CC(c1cccs1)n1c(N)nc2nc[nH]c2c1=O.Cl. The van der Waals surface area contributed by atoms with Gasteiger partial charge < -0.3 is 10.7 Å². The number of thiophene rings is 1. The van der Waals surface area contributed by atoms with E-state index in [4.69, 9.17) is 5.73 Å². The van der Waals surface area contributed by atoms with Crippen molar-refractivity contribution in [3.05, 3.63) is 39.1 Å². The lowest BCUT2D eigenvalue weighted by molar-refractivity contribution is 0.629. The summed E-state index contributed by atoms with van der Waals surface area (Å²) in [4.78, 5) is 24.3. The van der Waals surface area contributed by atoms with Gasteiger partial charge in [-0.25, -0.2) is 4.98 Å². The lowest BCUT2D eigenvalue weighted by Crippen LogP contribution is -2.27. The Balaban J connectivity index is 0.00000133. The number of nitrogen functional groups attached to an aromatic ring is 1. The largest absolute Gasteiger partial charge is 0.369 e. The summed E-state index contributed by atoms with van der Waals surface area (Å²) < 4.78 is 1.48. The molecule has 1 unspecified atom stereocenters. The zero-order chi connectivity index (χ0) is 12.7. The molecule has 1 atom stereocenters. The van der Waals surface area contributed by atoms with Crippen molar-refractivity contribution < 1.29 is 0 Å². The summed E-state index contributed by atoms with van der Waals surface area (Å²) in [6, 6.07) is 3.77. The quantitative estimate of drug-likeness (QED) is 0.754. The molecule has 3 rings (SSSR count). The minimum absolute atomic E-state index is 0. The molecular weight excluding hydrogens is 286 g/mol. The van der Waals surface area contributed by atoms with Crippen molar-refractivity contribution in [3.8, 4) is 0 Å². The predicted molar refractivity (Wildman–Crippen MR) is 77.9 cm³/mol. The van der Waals surface area contributed by atoms with Crippen LogP contribution in [0, 0.1) is 0 Å². The number of nitrogens with zero attached hydrogens (tertiary/aromatic N) is 3. The van der Waals surface area contributed by atoms with Gasteiger partial charge in [0.2, 0.25) is 5.95 Å². The molecule has 0 saturated heterocycles. The van der Waals surface area contributed by atoms with E-state index in [1.807, 2.05) is 24.4 Å². The maximum atomic E-state index is 12.3. The van der Waals surface area contributed by atoms with Crippen molar-refractivity contribution in [2.75, 3.05) is 5.73 Å². The Morgan fingerprint density at radius 3 is 3.00 bits per heavy atom. The summed E-state index contributed by atoms with van der Waals surface area (Å²) in [5, 5.41) is 1.97. The van der Waals surface area contributed by atoms with Crippen molar-refractivity contribution >= 4 is 40.9 Å². The highest BCUT2D eigenvalue weighted by Crippen LogP contribution is 2.23. The zero-order valence-electron chi connectivity index (χ0n) is 10.0.